The van der Waals surface area contributed by atoms with Crippen molar-refractivity contribution in [2.75, 3.05) is 19.6 Å². The molecule has 1 aromatic rings. The van der Waals surface area contributed by atoms with Crippen LogP contribution in [0.15, 0.2) is 54.5 Å². The summed E-state index contributed by atoms with van der Waals surface area (Å²) in [5.74, 6) is 3.01. The molecule has 0 aliphatic carbocycles. The first-order chi connectivity index (χ1) is 11.9. The molecule has 1 aromatic carbocycles. The Morgan fingerprint density at radius 1 is 0.833 bits per heavy atom. The first-order valence-electron chi connectivity index (χ1n) is 9.83. The van der Waals surface area contributed by atoms with Gasteiger partial charge in [0.05, 0.1) is 0 Å². The predicted molar refractivity (Wildman–Crippen MR) is 103 cm³/mol. The fraction of sp³-hybridized carbons (Fsp3) is 0.524. The van der Waals surface area contributed by atoms with Crippen molar-refractivity contribution >= 4 is 6.85 Å². The average Bonchev–Trinajstić information content (AvgIpc) is 2.69. The number of nitrogens with zero attached hydrogens (tertiary/aromatic N) is 2. The smallest absolute Gasteiger partial charge is 0.272 e. The van der Waals surface area contributed by atoms with E-state index >= 15 is 0 Å². The number of hydrogen-bond donors (Lipinski definition) is 0. The van der Waals surface area contributed by atoms with Crippen molar-refractivity contribution in [1.82, 2.24) is 9.71 Å². The molecule has 0 N–H and O–H groups in total. The Labute approximate surface area is 147 Å². The Balaban J connectivity index is 1.58. The third-order valence-electron chi connectivity index (χ3n) is 6.00. The minimum Gasteiger partial charge on any atom is -0.331 e. The van der Waals surface area contributed by atoms with E-state index in [1.54, 1.807) is 0 Å². The van der Waals surface area contributed by atoms with Crippen LogP contribution in [0.3, 0.4) is 0 Å². The maximum Gasteiger partial charge on any atom is 0.272 e. The molecule has 3 heteroatoms. The zero-order chi connectivity index (χ0) is 16.2. The van der Waals surface area contributed by atoms with Gasteiger partial charge in [0.15, 0.2) is 0 Å². The van der Waals surface area contributed by atoms with E-state index in [2.05, 4.69) is 64.2 Å². The summed E-state index contributed by atoms with van der Waals surface area (Å²) in [6.45, 7) is 4.29. The van der Waals surface area contributed by atoms with Crippen LogP contribution >= 0.6 is 0 Å². The van der Waals surface area contributed by atoms with E-state index in [0.717, 1.165) is 0 Å². The molecule has 2 fully saturated rings. The molecule has 2 nitrogen and oxygen atoms in total. The molecular formula is C21H29BN2. The summed E-state index contributed by atoms with van der Waals surface area (Å²) < 4.78 is 0. The van der Waals surface area contributed by atoms with E-state index in [1.807, 2.05) is 0 Å². The molecule has 0 bridgehead atoms. The van der Waals surface area contributed by atoms with Crippen molar-refractivity contribution in [3.8, 4) is 0 Å². The lowest BCUT2D eigenvalue weighted by atomic mass is 9.49. The van der Waals surface area contributed by atoms with Gasteiger partial charge in [-0.05, 0) is 50.9 Å². The highest BCUT2D eigenvalue weighted by Gasteiger charge is 2.38. The van der Waals surface area contributed by atoms with Gasteiger partial charge in [0, 0.05) is 12.0 Å². The molecule has 3 aliphatic rings. The Kier molecular flexibility index (Phi) is 5.20. The van der Waals surface area contributed by atoms with E-state index in [-0.39, 0.29) is 0 Å². The van der Waals surface area contributed by atoms with Gasteiger partial charge < -0.3 is 9.71 Å². The number of hydrogen-bond acceptors (Lipinski definition) is 2. The van der Waals surface area contributed by atoms with Crippen LogP contribution in [0.25, 0.3) is 0 Å². The molecule has 0 amide bonds. The van der Waals surface area contributed by atoms with Gasteiger partial charge in [0.1, 0.15) is 0 Å². The summed E-state index contributed by atoms with van der Waals surface area (Å²) in [7, 11) is 0. The minimum absolute atomic E-state index is 0.526. The van der Waals surface area contributed by atoms with Gasteiger partial charge in [-0.15, -0.1) is 0 Å². The maximum atomic E-state index is 2.79. The normalized spacial score (nSPS) is 29.1. The second kappa shape index (κ2) is 7.71. The van der Waals surface area contributed by atoms with Gasteiger partial charge in [0.2, 0.25) is 0 Å². The molecule has 2 atom stereocenters. The van der Waals surface area contributed by atoms with Gasteiger partial charge >= 0.3 is 0 Å². The minimum atomic E-state index is 0.526. The third kappa shape index (κ3) is 3.38. The Hall–Kier alpha value is -1.32. The molecule has 0 saturated carbocycles. The quantitative estimate of drug-likeness (QED) is 0.768. The molecule has 0 spiro atoms. The second-order valence-corrected chi connectivity index (χ2v) is 7.51. The van der Waals surface area contributed by atoms with Crippen LogP contribution in [-0.2, 0) is 0 Å². The zero-order valence-electron chi connectivity index (χ0n) is 14.7. The maximum absolute atomic E-state index is 2.79. The number of likely N-dealkylation sites (tertiary alicyclic amines) is 1. The van der Waals surface area contributed by atoms with Gasteiger partial charge in [0.25, 0.3) is 6.85 Å². The molecule has 0 aromatic heterocycles. The van der Waals surface area contributed by atoms with Crippen molar-refractivity contribution in [2.24, 2.45) is 0 Å². The van der Waals surface area contributed by atoms with Crippen molar-refractivity contribution in [2.45, 2.75) is 50.5 Å². The van der Waals surface area contributed by atoms with E-state index in [1.165, 1.54) is 63.7 Å². The van der Waals surface area contributed by atoms with Crippen molar-refractivity contribution in [3.63, 3.8) is 0 Å². The molecule has 0 radical (unpaired) electrons. The summed E-state index contributed by atoms with van der Waals surface area (Å²) in [4.78, 5) is 5.52. The predicted octanol–water partition coefficient (Wildman–Crippen LogP) is 4.26. The Morgan fingerprint density at radius 3 is 2.46 bits per heavy atom. The molecule has 4 rings (SSSR count). The van der Waals surface area contributed by atoms with Gasteiger partial charge in [-0.2, -0.15) is 0 Å². The molecule has 2 saturated heterocycles. The first-order valence-corrected chi connectivity index (χ1v) is 9.83. The van der Waals surface area contributed by atoms with Crippen LogP contribution in [0.1, 0.15) is 50.1 Å². The summed E-state index contributed by atoms with van der Waals surface area (Å²) >= 11 is 0. The fourth-order valence-electron chi connectivity index (χ4n) is 4.79. The largest absolute Gasteiger partial charge is 0.331 e. The zero-order valence-corrected chi connectivity index (χ0v) is 14.7. The topological polar surface area (TPSA) is 6.48 Å². The van der Waals surface area contributed by atoms with Crippen LogP contribution in [0.2, 0.25) is 0 Å². The van der Waals surface area contributed by atoms with Crippen LogP contribution in [0, 0.1) is 0 Å². The lowest BCUT2D eigenvalue weighted by Crippen LogP contribution is -2.57. The Morgan fingerprint density at radius 2 is 1.62 bits per heavy atom. The molecule has 3 heterocycles. The highest BCUT2D eigenvalue weighted by molar-refractivity contribution is 6.64. The highest BCUT2D eigenvalue weighted by atomic mass is 15.2. The monoisotopic (exact) mass is 320 g/mol. The van der Waals surface area contributed by atoms with E-state index in [0.29, 0.717) is 18.8 Å². The fourth-order valence-corrected chi connectivity index (χ4v) is 4.79. The summed E-state index contributed by atoms with van der Waals surface area (Å²) in [6.07, 6.45) is 15.1. The van der Waals surface area contributed by atoms with Crippen molar-refractivity contribution in [1.29, 1.82) is 0 Å². The number of rotatable bonds is 3. The summed E-state index contributed by atoms with van der Waals surface area (Å²) in [5, 5.41) is 0. The van der Waals surface area contributed by atoms with E-state index in [9.17, 15) is 0 Å². The lowest BCUT2D eigenvalue weighted by molar-refractivity contribution is 0.203. The Bertz CT molecular complexity index is 577. The average molecular weight is 320 g/mol. The highest BCUT2D eigenvalue weighted by Crippen LogP contribution is 2.34. The van der Waals surface area contributed by atoms with Gasteiger partial charge in [-0.3, -0.25) is 0 Å². The molecule has 126 valence electrons. The molecule has 3 aliphatic heterocycles. The summed E-state index contributed by atoms with van der Waals surface area (Å²) in [6, 6.07) is 11.7. The number of benzene rings is 1. The molecular weight excluding hydrogens is 291 g/mol. The first kappa shape index (κ1) is 16.2. The van der Waals surface area contributed by atoms with E-state index in [4.69, 9.17) is 0 Å². The summed E-state index contributed by atoms with van der Waals surface area (Å²) in [5.41, 5.74) is 1.50. The van der Waals surface area contributed by atoms with Crippen molar-refractivity contribution < 1.29 is 0 Å². The van der Waals surface area contributed by atoms with Crippen LogP contribution in [0.5, 0.6) is 0 Å². The van der Waals surface area contributed by atoms with Gasteiger partial charge in [-0.25, -0.2) is 0 Å². The van der Waals surface area contributed by atoms with Crippen LogP contribution < -0.4 is 0 Å². The SMILES string of the molecule is C1=CB(N2CCCCC2c2ccccc2)C(N2CCCCC2)C=C1. The van der Waals surface area contributed by atoms with Crippen LogP contribution in [-0.4, -0.2) is 42.1 Å². The van der Waals surface area contributed by atoms with Gasteiger partial charge in [-0.1, -0.05) is 67.4 Å². The standard InChI is InChI=1S/C21H29BN2/c1-3-11-19(12-4-1)20-13-6-10-18-24(20)22-15-7-5-14-21(22)23-16-8-2-9-17-23/h1,3-5,7,11-12,14-15,20-21H,2,6,8-10,13,16-18H2. The van der Waals surface area contributed by atoms with E-state index < -0.39 is 0 Å². The second-order valence-electron chi connectivity index (χ2n) is 7.51. The van der Waals surface area contributed by atoms with Crippen LogP contribution in [0.4, 0.5) is 0 Å². The third-order valence-corrected chi connectivity index (χ3v) is 6.00. The van der Waals surface area contributed by atoms with Crippen molar-refractivity contribution in [3.05, 3.63) is 60.1 Å². The number of allylic oxidation sites excluding steroid dienone is 2. The number of piperidine rings is 2. The lowest BCUT2D eigenvalue weighted by Gasteiger charge is -2.45. The molecule has 2 unspecified atom stereocenters. The molecule has 24 heavy (non-hydrogen) atoms.